The van der Waals surface area contributed by atoms with Gasteiger partial charge in [-0.15, -0.1) is 5.10 Å². The summed E-state index contributed by atoms with van der Waals surface area (Å²) in [4.78, 5) is 12.4. The van der Waals surface area contributed by atoms with Crippen molar-refractivity contribution in [3.05, 3.63) is 47.9 Å². The SMILES string of the molecule is CC(C)(C)c1cn2nc(N3CCCC(c4nc(-c5cccc(F)c5)no4)C3)sc2n1. The molecule has 30 heavy (non-hydrogen) atoms. The zero-order valence-electron chi connectivity index (χ0n) is 17.2. The van der Waals surface area contributed by atoms with E-state index in [0.717, 1.165) is 41.7 Å². The number of piperidine rings is 1. The molecule has 0 amide bonds. The monoisotopic (exact) mass is 426 g/mol. The van der Waals surface area contributed by atoms with Gasteiger partial charge in [-0.1, -0.05) is 49.4 Å². The van der Waals surface area contributed by atoms with Crippen LogP contribution < -0.4 is 4.90 Å². The molecule has 1 aliphatic rings. The van der Waals surface area contributed by atoms with E-state index in [1.807, 2.05) is 10.7 Å². The van der Waals surface area contributed by atoms with Crippen molar-refractivity contribution in [2.24, 2.45) is 0 Å². The zero-order chi connectivity index (χ0) is 20.9. The lowest BCUT2D eigenvalue weighted by Gasteiger charge is -2.30. The second-order valence-electron chi connectivity index (χ2n) is 8.74. The Hall–Kier alpha value is -2.81. The van der Waals surface area contributed by atoms with Crippen LogP contribution in [0.15, 0.2) is 35.0 Å². The molecule has 4 aromatic rings. The Bertz CT molecular complexity index is 1160. The Morgan fingerprint density at radius 3 is 2.87 bits per heavy atom. The topological polar surface area (TPSA) is 72.3 Å². The molecule has 0 radical (unpaired) electrons. The fraction of sp³-hybridized carbons (Fsp3) is 0.429. The van der Waals surface area contributed by atoms with Crippen LogP contribution in [0.25, 0.3) is 16.3 Å². The molecule has 1 saturated heterocycles. The van der Waals surface area contributed by atoms with E-state index in [-0.39, 0.29) is 17.2 Å². The zero-order valence-corrected chi connectivity index (χ0v) is 18.0. The maximum absolute atomic E-state index is 13.5. The Kier molecular flexibility index (Phi) is 4.57. The van der Waals surface area contributed by atoms with Crippen LogP contribution >= 0.6 is 11.3 Å². The molecular formula is C21H23FN6OS. The Balaban J connectivity index is 1.35. The number of halogens is 1. The highest BCUT2D eigenvalue weighted by atomic mass is 32.1. The number of hydrogen-bond acceptors (Lipinski definition) is 7. The molecule has 1 unspecified atom stereocenters. The van der Waals surface area contributed by atoms with Crippen molar-refractivity contribution in [1.82, 2.24) is 24.7 Å². The van der Waals surface area contributed by atoms with Gasteiger partial charge in [-0.25, -0.2) is 13.9 Å². The fourth-order valence-electron chi connectivity index (χ4n) is 3.68. The van der Waals surface area contributed by atoms with E-state index < -0.39 is 0 Å². The summed E-state index contributed by atoms with van der Waals surface area (Å²) < 4.78 is 20.9. The van der Waals surface area contributed by atoms with Gasteiger partial charge in [0.25, 0.3) is 0 Å². The van der Waals surface area contributed by atoms with E-state index in [2.05, 4.69) is 35.8 Å². The molecule has 3 aromatic heterocycles. The minimum atomic E-state index is -0.314. The molecule has 0 aliphatic carbocycles. The highest BCUT2D eigenvalue weighted by Crippen LogP contribution is 2.33. The van der Waals surface area contributed by atoms with Crippen LogP contribution in [0.5, 0.6) is 0 Å². The molecule has 0 spiro atoms. The summed E-state index contributed by atoms with van der Waals surface area (Å²) in [5.41, 5.74) is 1.66. The maximum Gasteiger partial charge on any atom is 0.231 e. The van der Waals surface area contributed by atoms with Crippen LogP contribution in [0.4, 0.5) is 9.52 Å². The molecule has 0 N–H and O–H groups in total. The number of fused-ring (bicyclic) bond motifs is 1. The van der Waals surface area contributed by atoms with Gasteiger partial charge >= 0.3 is 0 Å². The van der Waals surface area contributed by atoms with Gasteiger partial charge in [0.15, 0.2) is 0 Å². The standard InChI is InChI=1S/C21H23FN6OS/c1-21(2,3)16-12-28-19(23-16)30-20(25-28)27-9-5-7-14(11-27)18-24-17(26-29-18)13-6-4-8-15(22)10-13/h4,6,8,10,12,14H,5,7,9,11H2,1-3H3. The highest BCUT2D eigenvalue weighted by molar-refractivity contribution is 7.20. The number of imidazole rings is 1. The van der Waals surface area contributed by atoms with Crippen LogP contribution in [0, 0.1) is 5.82 Å². The van der Waals surface area contributed by atoms with E-state index in [0.29, 0.717) is 17.3 Å². The first kappa shape index (κ1) is 19.2. The van der Waals surface area contributed by atoms with E-state index in [1.54, 1.807) is 23.5 Å². The molecule has 1 fully saturated rings. The number of nitrogens with zero attached hydrogens (tertiary/aromatic N) is 6. The summed E-state index contributed by atoms with van der Waals surface area (Å²) in [7, 11) is 0. The molecule has 9 heteroatoms. The molecule has 0 bridgehead atoms. The first-order valence-corrected chi connectivity index (χ1v) is 10.9. The maximum atomic E-state index is 13.5. The molecular weight excluding hydrogens is 403 g/mol. The van der Waals surface area contributed by atoms with Gasteiger partial charge in [0.05, 0.1) is 17.8 Å². The van der Waals surface area contributed by atoms with Crippen molar-refractivity contribution >= 4 is 21.4 Å². The molecule has 1 aliphatic heterocycles. The average Bonchev–Trinajstić information content (AvgIpc) is 3.42. The summed E-state index contributed by atoms with van der Waals surface area (Å²) in [6.45, 7) is 8.14. The summed E-state index contributed by atoms with van der Waals surface area (Å²) in [5, 5.41) is 9.76. The average molecular weight is 427 g/mol. The van der Waals surface area contributed by atoms with Crippen molar-refractivity contribution in [3.63, 3.8) is 0 Å². The molecule has 156 valence electrons. The second kappa shape index (κ2) is 7.16. The van der Waals surface area contributed by atoms with Gasteiger partial charge in [-0.05, 0) is 25.0 Å². The third-order valence-corrected chi connectivity index (χ3v) is 6.35. The molecule has 4 heterocycles. The quantitative estimate of drug-likeness (QED) is 0.474. The summed E-state index contributed by atoms with van der Waals surface area (Å²) >= 11 is 1.60. The highest BCUT2D eigenvalue weighted by Gasteiger charge is 2.29. The fourth-order valence-corrected chi connectivity index (χ4v) is 4.60. The van der Waals surface area contributed by atoms with Crippen molar-refractivity contribution in [1.29, 1.82) is 0 Å². The number of aromatic nitrogens is 5. The van der Waals surface area contributed by atoms with Gasteiger partial charge in [-0.3, -0.25) is 0 Å². The first-order chi connectivity index (χ1) is 14.4. The summed E-state index contributed by atoms with van der Waals surface area (Å²) in [5.74, 6) is 0.820. The Morgan fingerprint density at radius 1 is 1.23 bits per heavy atom. The predicted molar refractivity (Wildman–Crippen MR) is 113 cm³/mol. The lowest BCUT2D eigenvalue weighted by Crippen LogP contribution is -2.34. The van der Waals surface area contributed by atoms with E-state index in [9.17, 15) is 4.39 Å². The normalized spacial score (nSPS) is 17.7. The lowest BCUT2D eigenvalue weighted by atomic mass is 9.93. The number of rotatable bonds is 3. The van der Waals surface area contributed by atoms with Crippen LogP contribution in [0.2, 0.25) is 0 Å². The van der Waals surface area contributed by atoms with E-state index in [4.69, 9.17) is 14.6 Å². The van der Waals surface area contributed by atoms with Crippen molar-refractivity contribution in [2.45, 2.75) is 44.9 Å². The lowest BCUT2D eigenvalue weighted by molar-refractivity contribution is 0.333. The number of anilines is 1. The molecule has 1 atom stereocenters. The minimum absolute atomic E-state index is 0.00113. The summed E-state index contributed by atoms with van der Waals surface area (Å²) in [6.07, 6.45) is 4.00. The van der Waals surface area contributed by atoms with Gasteiger partial charge in [0.1, 0.15) is 5.82 Å². The van der Waals surface area contributed by atoms with Crippen molar-refractivity contribution in [2.75, 3.05) is 18.0 Å². The Labute approximate surface area is 177 Å². The second-order valence-corrected chi connectivity index (χ2v) is 9.67. The Morgan fingerprint density at radius 2 is 2.10 bits per heavy atom. The largest absolute Gasteiger partial charge is 0.346 e. The molecule has 0 saturated carbocycles. The predicted octanol–water partition coefficient (Wildman–Crippen LogP) is 4.66. The molecule has 5 rings (SSSR count). The van der Waals surface area contributed by atoms with Crippen LogP contribution in [0.1, 0.15) is 51.1 Å². The van der Waals surface area contributed by atoms with Crippen molar-refractivity contribution in [3.8, 4) is 11.4 Å². The minimum Gasteiger partial charge on any atom is -0.346 e. The van der Waals surface area contributed by atoms with Crippen LogP contribution in [-0.2, 0) is 5.41 Å². The van der Waals surface area contributed by atoms with Gasteiger partial charge in [-0.2, -0.15) is 4.98 Å². The van der Waals surface area contributed by atoms with Gasteiger partial charge < -0.3 is 9.42 Å². The number of benzene rings is 1. The smallest absolute Gasteiger partial charge is 0.231 e. The van der Waals surface area contributed by atoms with Crippen LogP contribution in [-0.4, -0.2) is 37.8 Å². The van der Waals surface area contributed by atoms with Crippen LogP contribution in [0.3, 0.4) is 0 Å². The van der Waals surface area contributed by atoms with Gasteiger partial charge in [0.2, 0.25) is 21.8 Å². The molecule has 1 aromatic carbocycles. The van der Waals surface area contributed by atoms with E-state index in [1.165, 1.54) is 12.1 Å². The summed E-state index contributed by atoms with van der Waals surface area (Å²) in [6, 6.07) is 6.24. The van der Waals surface area contributed by atoms with Crippen molar-refractivity contribution < 1.29 is 8.91 Å². The third kappa shape index (κ3) is 3.58. The van der Waals surface area contributed by atoms with E-state index >= 15 is 0 Å². The third-order valence-electron chi connectivity index (χ3n) is 5.37. The molecule has 7 nitrogen and oxygen atoms in total. The first-order valence-electron chi connectivity index (χ1n) is 10.1. The van der Waals surface area contributed by atoms with Gasteiger partial charge in [0, 0.05) is 24.1 Å². The number of hydrogen-bond donors (Lipinski definition) is 0.